The zero-order chi connectivity index (χ0) is 84.2. The van der Waals surface area contributed by atoms with Crippen molar-refractivity contribution in [1.29, 1.82) is 0 Å². The molecule has 6 aliphatic heterocycles. The third kappa shape index (κ3) is 15.4. The van der Waals surface area contributed by atoms with Gasteiger partial charge in [-0.2, -0.15) is 0 Å². The van der Waals surface area contributed by atoms with Crippen LogP contribution in [0.25, 0.3) is 22.3 Å². The summed E-state index contributed by atoms with van der Waals surface area (Å²) in [7, 11) is 1.31. The van der Waals surface area contributed by atoms with Crippen LogP contribution in [-0.2, 0) is 53.6 Å². The highest BCUT2D eigenvalue weighted by Gasteiger charge is 2.53. The molecule has 0 aromatic heterocycles. The van der Waals surface area contributed by atoms with E-state index in [1.54, 1.807) is 13.8 Å². The van der Waals surface area contributed by atoms with Crippen molar-refractivity contribution in [2.24, 2.45) is 35.3 Å². The van der Waals surface area contributed by atoms with Crippen molar-refractivity contribution < 1.29 is 113 Å². The van der Waals surface area contributed by atoms with Crippen molar-refractivity contribution in [2.45, 2.75) is 162 Å². The Hall–Kier alpha value is -11.0. The first-order valence-corrected chi connectivity index (χ1v) is 40.0. The molecule has 19 rings (SSSR count). The first kappa shape index (κ1) is 81.7. The summed E-state index contributed by atoms with van der Waals surface area (Å²) in [4.78, 5) is 139. The van der Waals surface area contributed by atoms with Crippen LogP contribution < -0.4 is 57.2 Å². The number of phenols is 1. The predicted octanol–water partition coefficient (Wildman–Crippen LogP) is 4.47. The molecule has 1 saturated heterocycles. The van der Waals surface area contributed by atoms with Crippen LogP contribution in [0.4, 0.5) is 4.79 Å². The molecule has 34 heteroatoms. The molecule has 5 fully saturated rings. The minimum Gasteiger partial charge on any atom is -0.508 e. The number of halogens is 2. The second kappa shape index (κ2) is 32.3. The lowest BCUT2D eigenvalue weighted by Crippen LogP contribution is -2.60. The first-order chi connectivity index (χ1) is 56.8. The number of hydrogen-bond donors (Lipinski definition) is 17. The maximum Gasteiger partial charge on any atom is 0.410 e. The number of nitrogens with two attached hydrogens (primary N) is 1. The van der Waals surface area contributed by atoms with Gasteiger partial charge in [-0.05, 0) is 184 Å². The van der Waals surface area contributed by atoms with E-state index in [-0.39, 0.29) is 92.8 Å². The molecule has 0 radical (unpaired) electrons. The Kier molecular flexibility index (Phi) is 22.2. The number of likely N-dealkylation sites (N-methyl/N-ethyl adjacent to an activating group) is 1. The number of hydrogen-bond acceptors (Lipinski definition) is 23. The topological polar surface area (TPSA) is 495 Å². The third-order valence-electron chi connectivity index (χ3n) is 24.5. The molecule has 7 aromatic rings. The minimum absolute atomic E-state index is 0.0691. The van der Waals surface area contributed by atoms with Gasteiger partial charge >= 0.3 is 6.09 Å². The Labute approximate surface area is 689 Å². The van der Waals surface area contributed by atoms with Crippen molar-refractivity contribution in [3.8, 4) is 56.8 Å². The number of aromatic hydroxyl groups is 1. The lowest BCUT2D eigenvalue weighted by atomic mass is 9.54. The number of fused-ring (bicyclic) bond motifs is 15. The van der Waals surface area contributed by atoms with Crippen LogP contribution in [0.3, 0.4) is 0 Å². The number of aliphatic hydroxyl groups is 8. The molecule has 4 saturated carbocycles. The van der Waals surface area contributed by atoms with Gasteiger partial charge in [0, 0.05) is 30.1 Å². The van der Waals surface area contributed by atoms with Crippen LogP contribution >= 0.6 is 23.2 Å². The predicted molar refractivity (Wildman–Crippen MR) is 420 cm³/mol. The molecule has 18 N–H and O–H groups in total. The standard InChI is InChI=1S/C85H87Cl2N9O23/c1-34(2)18-56(96(3)84(112)115-33-50-46-10-6-4-8-44(46)45-9-5-7-11-47(45)50)77(106)94-68-70(100)38-13-16-57(53(86)25-38)116-59-27-42-28-60(75(59)119-83-74(104)73(103)72(102)61(32-97)118-83)117-58-17-14-39(26-54(58)87)71(101)69-82(111)93-67(80(109)90-64-40-20-35-19-36(22-40)23-41(64)21-35)49-29-43(98)30-52-63(49)48-24-37(12-15-51(48)85(52,113)114)65(78(107)95-69)92-79(108)66(42)91-76(105)55(31-62(88)99)89-81(68)110/h4-17,24-30,34-36,40-41,50,55-56,61,64-74,83,97-98,100-104,113-114H,18-23,31-33H2,1-3H3,(H2,88,99)(H,89,110)(H,90,109)(H,91,105)(H,92,108)(H,93,111)(H,94,106)(H,95,107)/t35?,36?,40?,41?,55?,56?,61?,64?,65?,66?,67-,68?,69?,70?,71?,72?,73?,74?,83?/m0/s1. The van der Waals surface area contributed by atoms with Crippen molar-refractivity contribution in [2.75, 3.05) is 20.3 Å². The van der Waals surface area contributed by atoms with Crippen LogP contribution in [0, 0.1) is 29.6 Å². The van der Waals surface area contributed by atoms with Gasteiger partial charge in [-0.3, -0.25) is 43.3 Å². The number of aliphatic hydroxyl groups excluding tert-OH is 6. The number of benzene rings is 7. The summed E-state index contributed by atoms with van der Waals surface area (Å²) in [5.41, 5.74) is 7.46. The summed E-state index contributed by atoms with van der Waals surface area (Å²) in [6.45, 7) is 2.41. The monoisotopic (exact) mass is 1670 g/mol. The average Bonchev–Trinajstić information content (AvgIpc) is 1.56. The number of phenolic OH excluding ortho intramolecular Hbond substituents is 1. The van der Waals surface area contributed by atoms with E-state index in [0.717, 1.165) is 95.7 Å². The quantitative estimate of drug-likeness (QED) is 0.0668. The SMILES string of the molecule is CC(C)CC(C(=O)NC1C(=O)NC(CC(N)=O)C(=O)NC2C(=O)NC3C(=O)NC(C(=O)N[C@H](C(=O)NC4C5CC6CC(C5)CC4C6)c4cc(O)cc5c4-c4cc3ccc4C5(O)O)C(O)c3ccc(c(Cl)c3)Oc3cc2cc(c3OC2OC(CO)C(O)C(O)C2O)Oc2ccc(cc2Cl)C1O)N(C)C(=O)OCC1c2ccccc2-c2ccccc21. The van der Waals surface area contributed by atoms with Gasteiger partial charge in [-0.25, -0.2) is 4.79 Å². The van der Waals surface area contributed by atoms with Gasteiger partial charge in [-0.15, -0.1) is 0 Å². The van der Waals surface area contributed by atoms with E-state index in [1.807, 2.05) is 48.5 Å². The molecule has 119 heavy (non-hydrogen) atoms. The van der Waals surface area contributed by atoms with Gasteiger partial charge in [0.15, 0.2) is 11.5 Å². The zero-order valence-corrected chi connectivity index (χ0v) is 65.6. The fourth-order valence-corrected chi connectivity index (χ4v) is 19.2. The van der Waals surface area contributed by atoms with Crippen LogP contribution in [0.5, 0.6) is 34.5 Å². The molecule has 13 unspecified atom stereocenters. The Morgan fingerprint density at radius 1 is 0.613 bits per heavy atom. The van der Waals surface area contributed by atoms with Gasteiger partial charge in [0.1, 0.15) is 103 Å². The van der Waals surface area contributed by atoms with Gasteiger partial charge in [0.2, 0.25) is 65.1 Å². The molecular weight excluding hydrogens is 1590 g/mol. The smallest absolute Gasteiger partial charge is 0.410 e. The van der Waals surface area contributed by atoms with Crippen molar-refractivity contribution in [3.63, 3.8) is 0 Å². The molecule has 6 heterocycles. The number of amides is 9. The fourth-order valence-electron chi connectivity index (χ4n) is 18.8. The Morgan fingerprint density at radius 3 is 1.81 bits per heavy atom. The molecule has 6 aliphatic carbocycles. The number of rotatable bonds is 14. The largest absolute Gasteiger partial charge is 0.508 e. The van der Waals surface area contributed by atoms with Crippen LogP contribution in [0.2, 0.25) is 10.0 Å². The summed E-state index contributed by atoms with van der Waals surface area (Å²) in [6.07, 6.45) is -11.9. The third-order valence-corrected chi connectivity index (χ3v) is 25.0. The van der Waals surface area contributed by atoms with Crippen molar-refractivity contribution in [1.82, 2.24) is 42.1 Å². The summed E-state index contributed by atoms with van der Waals surface area (Å²) < 4.78 is 31.4. The minimum atomic E-state index is -2.97. The number of nitrogens with one attached hydrogen (secondary N) is 7. The number of primary amides is 1. The highest BCUT2D eigenvalue weighted by atomic mass is 35.5. The Morgan fingerprint density at radius 2 is 1.20 bits per heavy atom. The molecule has 0 spiro atoms. The number of carbonyl (C=O) groups excluding carboxylic acids is 9. The van der Waals surface area contributed by atoms with Crippen molar-refractivity contribution >= 4 is 76.6 Å². The molecule has 9 amide bonds. The molecule has 12 aliphatic rings. The summed E-state index contributed by atoms with van der Waals surface area (Å²) >= 11 is 14.3. The zero-order valence-electron chi connectivity index (χ0n) is 64.1. The summed E-state index contributed by atoms with van der Waals surface area (Å²) in [5, 5.41) is 124. The maximum absolute atomic E-state index is 16.4. The Bertz CT molecular complexity index is 5230. The lowest BCUT2D eigenvalue weighted by Gasteiger charge is -2.54. The second-order valence-corrected chi connectivity index (χ2v) is 33.4. The molecule has 624 valence electrons. The molecule has 32 nitrogen and oxygen atoms in total. The molecule has 7 aromatic carbocycles. The highest BCUT2D eigenvalue weighted by molar-refractivity contribution is 6.32. The van der Waals surface area contributed by atoms with E-state index in [1.165, 1.54) is 49.5 Å². The van der Waals surface area contributed by atoms with E-state index in [9.17, 15) is 55.5 Å². The molecule has 15 bridgehead atoms. The van der Waals surface area contributed by atoms with E-state index < -0.39 is 202 Å². The van der Waals surface area contributed by atoms with Crippen LogP contribution in [0.1, 0.15) is 145 Å². The van der Waals surface area contributed by atoms with Crippen LogP contribution in [0.15, 0.2) is 127 Å². The van der Waals surface area contributed by atoms with Gasteiger partial charge in [0.05, 0.1) is 23.1 Å². The number of carbonyl (C=O) groups is 9. The number of ether oxygens (including phenoxy) is 5. The van der Waals surface area contributed by atoms with Crippen molar-refractivity contribution in [3.05, 3.63) is 188 Å². The molecular formula is C85H87Cl2N9O23. The maximum atomic E-state index is 16.4. The van der Waals surface area contributed by atoms with E-state index in [0.29, 0.717) is 11.8 Å². The van der Waals surface area contributed by atoms with Crippen LogP contribution in [-0.4, -0.2) is 185 Å². The second-order valence-electron chi connectivity index (χ2n) is 32.6. The van der Waals surface area contributed by atoms with Gasteiger partial charge in [-0.1, -0.05) is 110 Å². The van der Waals surface area contributed by atoms with Gasteiger partial charge < -0.3 is 113 Å². The van der Waals surface area contributed by atoms with E-state index >= 15 is 33.6 Å². The lowest BCUT2D eigenvalue weighted by molar-refractivity contribution is -0.277. The normalized spacial score (nSPS) is 28.5. The summed E-state index contributed by atoms with van der Waals surface area (Å²) in [6, 6.07) is 15.5. The fraction of sp³-hybridized carbons (Fsp3) is 0.400. The Balaban J connectivity index is 0.819. The first-order valence-electron chi connectivity index (χ1n) is 39.2. The van der Waals surface area contributed by atoms with E-state index in [2.05, 4.69) is 37.2 Å². The molecule has 14 atom stereocenters. The average molecular weight is 1670 g/mol. The number of nitrogens with zero attached hydrogens (tertiary/aromatic N) is 1. The van der Waals surface area contributed by atoms with E-state index in [4.69, 9.17) is 52.6 Å². The highest BCUT2D eigenvalue weighted by Crippen LogP contribution is 2.56. The van der Waals surface area contributed by atoms with Gasteiger partial charge in [0.25, 0.3) is 0 Å². The summed E-state index contributed by atoms with van der Waals surface area (Å²) in [5.74, 6) is -15.7.